The van der Waals surface area contributed by atoms with E-state index in [2.05, 4.69) is 12.2 Å². The Balaban J connectivity index is 2.24. The summed E-state index contributed by atoms with van der Waals surface area (Å²) in [5.41, 5.74) is -0.594. The average Bonchev–Trinajstić information content (AvgIpc) is 2.34. The Morgan fingerprint density at radius 2 is 2.38 bits per heavy atom. The van der Waals surface area contributed by atoms with Crippen LogP contribution in [0.2, 0.25) is 0 Å². The predicted molar refractivity (Wildman–Crippen MR) is 51.1 cm³/mol. The van der Waals surface area contributed by atoms with E-state index >= 15 is 0 Å². The van der Waals surface area contributed by atoms with Crippen LogP contribution in [0.15, 0.2) is 0 Å². The van der Waals surface area contributed by atoms with Crippen molar-refractivity contribution >= 4 is 5.97 Å². The molecule has 0 unspecified atom stereocenters. The second kappa shape index (κ2) is 4.01. The molecule has 3 heteroatoms. The molecule has 1 aliphatic heterocycles. The summed E-state index contributed by atoms with van der Waals surface area (Å²) in [6.45, 7) is 9.26. The Hall–Kier alpha value is -0.700. The van der Waals surface area contributed by atoms with Gasteiger partial charge in [-0.15, -0.1) is 0 Å². The number of ether oxygens (including phenoxy) is 1. The van der Waals surface area contributed by atoms with Gasteiger partial charge in [0.2, 0.25) is 5.60 Å². The monoisotopic (exact) mass is 184 g/mol. The molecule has 0 bridgehead atoms. The number of hydrogen-bond acceptors (Lipinski definition) is 3. The number of esters is 1. The van der Waals surface area contributed by atoms with Crippen LogP contribution in [0.5, 0.6) is 0 Å². The number of nitrogens with one attached hydrogen (secondary N) is 1. The molecule has 1 atom stereocenters. The molecular weight excluding hydrogens is 166 g/mol. The van der Waals surface area contributed by atoms with Gasteiger partial charge in [-0.1, -0.05) is 0 Å². The Morgan fingerprint density at radius 3 is 2.85 bits per heavy atom. The largest absolute Gasteiger partial charge is 0.419 e. The first-order chi connectivity index (χ1) is 5.97. The van der Waals surface area contributed by atoms with Gasteiger partial charge in [0.1, 0.15) is 6.92 Å². The highest BCUT2D eigenvalue weighted by molar-refractivity contribution is 5.70. The second-order valence-electron chi connectivity index (χ2n) is 4.30. The van der Waals surface area contributed by atoms with Crippen molar-refractivity contribution in [1.29, 1.82) is 0 Å². The first-order valence-corrected chi connectivity index (χ1v) is 4.75. The third kappa shape index (κ3) is 4.18. The third-order valence-corrected chi connectivity index (χ3v) is 2.01. The quantitative estimate of drug-likeness (QED) is 0.528. The molecule has 0 saturated carbocycles. The number of rotatable bonds is 3. The van der Waals surface area contributed by atoms with Gasteiger partial charge in [0.25, 0.3) is 0 Å². The van der Waals surface area contributed by atoms with Crippen LogP contribution < -0.4 is 5.32 Å². The second-order valence-corrected chi connectivity index (χ2v) is 4.30. The zero-order chi connectivity index (χ0) is 9.90. The Kier molecular flexibility index (Phi) is 3.20. The highest BCUT2D eigenvalue weighted by atomic mass is 16.6. The Labute approximate surface area is 79.8 Å². The molecule has 13 heavy (non-hydrogen) atoms. The van der Waals surface area contributed by atoms with Crippen LogP contribution in [0.1, 0.15) is 26.7 Å². The van der Waals surface area contributed by atoms with Crippen molar-refractivity contribution in [2.24, 2.45) is 5.92 Å². The standard InChI is InChI=1S/C10H18NO2/c1-10(2,3)13-9(12)6-8-4-5-11-7-8/h8,11H,1,4-7H2,2-3H3/q+1/t8-/m1/s1. The highest BCUT2D eigenvalue weighted by Gasteiger charge is 2.26. The molecular formula is C10H18NO2+. The molecule has 0 amide bonds. The molecule has 1 saturated heterocycles. The van der Waals surface area contributed by atoms with E-state index in [4.69, 9.17) is 4.74 Å². The normalized spacial score (nSPS) is 23.1. The summed E-state index contributed by atoms with van der Waals surface area (Å²) in [6, 6.07) is 0. The zero-order valence-electron chi connectivity index (χ0n) is 8.43. The minimum atomic E-state index is -0.594. The third-order valence-electron chi connectivity index (χ3n) is 2.01. The molecule has 0 aliphatic carbocycles. The van der Waals surface area contributed by atoms with Crippen LogP contribution >= 0.6 is 0 Å². The van der Waals surface area contributed by atoms with Crippen LogP contribution in [0.3, 0.4) is 0 Å². The van der Waals surface area contributed by atoms with Crippen LogP contribution in [0.25, 0.3) is 0 Å². The van der Waals surface area contributed by atoms with Gasteiger partial charge in [0, 0.05) is 20.3 Å². The van der Waals surface area contributed by atoms with Gasteiger partial charge in [-0.3, -0.25) is 4.79 Å². The van der Waals surface area contributed by atoms with Crippen molar-refractivity contribution in [2.45, 2.75) is 32.3 Å². The van der Waals surface area contributed by atoms with E-state index in [9.17, 15) is 4.79 Å². The molecule has 1 aliphatic rings. The number of carbonyl (C=O) groups excluding carboxylic acids is 1. The van der Waals surface area contributed by atoms with Gasteiger partial charge < -0.3 is 10.1 Å². The van der Waals surface area contributed by atoms with Crippen molar-refractivity contribution in [3.8, 4) is 0 Å². The SMILES string of the molecule is [CH2+]C(C)(C)OC(=O)C[C@H]1CCNC1. The van der Waals surface area contributed by atoms with E-state index in [0.717, 1.165) is 19.5 Å². The fourth-order valence-corrected chi connectivity index (χ4v) is 1.47. The molecule has 1 rings (SSSR count). The topological polar surface area (TPSA) is 38.3 Å². The van der Waals surface area contributed by atoms with Gasteiger partial charge in [-0.2, -0.15) is 0 Å². The maximum absolute atomic E-state index is 11.3. The number of hydrogen-bond donors (Lipinski definition) is 1. The van der Waals surface area contributed by atoms with Crippen LogP contribution in [-0.2, 0) is 9.53 Å². The molecule has 0 spiro atoms. The lowest BCUT2D eigenvalue weighted by Crippen LogP contribution is -2.26. The molecule has 0 radical (unpaired) electrons. The van der Waals surface area contributed by atoms with Gasteiger partial charge in [-0.25, -0.2) is 0 Å². The lowest BCUT2D eigenvalue weighted by atomic mass is 10.1. The zero-order valence-corrected chi connectivity index (χ0v) is 8.43. The molecule has 3 nitrogen and oxygen atoms in total. The molecule has 0 aromatic carbocycles. The van der Waals surface area contributed by atoms with Crippen LogP contribution in [-0.4, -0.2) is 24.7 Å². The van der Waals surface area contributed by atoms with Crippen molar-refractivity contribution in [3.05, 3.63) is 6.92 Å². The molecule has 1 N–H and O–H groups in total. The van der Waals surface area contributed by atoms with E-state index in [0.29, 0.717) is 12.3 Å². The van der Waals surface area contributed by atoms with E-state index in [1.165, 1.54) is 0 Å². The molecule has 74 valence electrons. The van der Waals surface area contributed by atoms with Crippen LogP contribution in [0.4, 0.5) is 0 Å². The summed E-state index contributed by atoms with van der Waals surface area (Å²) in [4.78, 5) is 11.3. The average molecular weight is 184 g/mol. The summed E-state index contributed by atoms with van der Waals surface area (Å²) < 4.78 is 5.12. The molecule has 0 aromatic rings. The van der Waals surface area contributed by atoms with E-state index in [1.54, 1.807) is 13.8 Å². The lowest BCUT2D eigenvalue weighted by Gasteiger charge is -2.14. The molecule has 1 fully saturated rings. The minimum absolute atomic E-state index is 0.131. The minimum Gasteiger partial charge on any atom is -0.419 e. The first kappa shape index (κ1) is 10.4. The van der Waals surface area contributed by atoms with Gasteiger partial charge in [0.05, 0.1) is 0 Å². The first-order valence-electron chi connectivity index (χ1n) is 4.75. The summed E-state index contributed by atoms with van der Waals surface area (Å²) in [7, 11) is 0. The lowest BCUT2D eigenvalue weighted by molar-refractivity contribution is -0.153. The van der Waals surface area contributed by atoms with E-state index in [-0.39, 0.29) is 5.97 Å². The molecule has 0 aromatic heterocycles. The maximum atomic E-state index is 11.3. The fraction of sp³-hybridized carbons (Fsp3) is 0.800. The number of carbonyl (C=O) groups is 1. The van der Waals surface area contributed by atoms with Crippen molar-refractivity contribution < 1.29 is 9.53 Å². The van der Waals surface area contributed by atoms with Gasteiger partial charge in [-0.05, 0) is 25.4 Å². The Morgan fingerprint density at radius 1 is 1.69 bits per heavy atom. The van der Waals surface area contributed by atoms with Crippen LogP contribution in [0, 0.1) is 12.8 Å². The maximum Gasteiger partial charge on any atom is 0.309 e. The van der Waals surface area contributed by atoms with Crippen molar-refractivity contribution in [1.82, 2.24) is 5.32 Å². The van der Waals surface area contributed by atoms with E-state index in [1.807, 2.05) is 0 Å². The summed E-state index contributed by atoms with van der Waals surface area (Å²) in [5, 5.41) is 3.22. The summed E-state index contributed by atoms with van der Waals surface area (Å²) in [5.74, 6) is 0.323. The van der Waals surface area contributed by atoms with Crippen molar-refractivity contribution in [3.63, 3.8) is 0 Å². The summed E-state index contributed by atoms with van der Waals surface area (Å²) >= 11 is 0. The highest BCUT2D eigenvalue weighted by Crippen LogP contribution is 2.15. The van der Waals surface area contributed by atoms with Crippen molar-refractivity contribution in [2.75, 3.05) is 13.1 Å². The molecule has 1 heterocycles. The van der Waals surface area contributed by atoms with Gasteiger partial charge in [0.15, 0.2) is 0 Å². The van der Waals surface area contributed by atoms with Gasteiger partial charge >= 0.3 is 5.97 Å². The smallest absolute Gasteiger partial charge is 0.309 e. The summed E-state index contributed by atoms with van der Waals surface area (Å²) in [6.07, 6.45) is 1.60. The fourth-order valence-electron chi connectivity index (χ4n) is 1.47. The van der Waals surface area contributed by atoms with E-state index < -0.39 is 5.60 Å². The Bertz CT molecular complexity index is 178. The predicted octanol–water partition coefficient (Wildman–Crippen LogP) is 1.14.